The summed E-state index contributed by atoms with van der Waals surface area (Å²) in [6.45, 7) is 7.30. The molecule has 0 saturated carbocycles. The number of Topliss-reactive ketones (excluding diaryl/α,β-unsaturated/α-hetero) is 1. The summed E-state index contributed by atoms with van der Waals surface area (Å²) >= 11 is 1.36. The summed E-state index contributed by atoms with van der Waals surface area (Å²) in [7, 11) is 0. The molecule has 1 fully saturated rings. The zero-order valence-corrected chi connectivity index (χ0v) is 13.4. The number of nitrogens with one attached hydrogen (secondary N) is 1. The third-order valence-corrected chi connectivity index (χ3v) is 3.85. The van der Waals surface area contributed by atoms with E-state index >= 15 is 0 Å². The van der Waals surface area contributed by atoms with E-state index in [9.17, 15) is 9.59 Å². The number of carbonyl (C=O) groups is 2. The van der Waals surface area contributed by atoms with Crippen molar-refractivity contribution in [3.8, 4) is 0 Å². The number of likely N-dealkylation sites (tertiary alicyclic amines) is 1. The van der Waals surface area contributed by atoms with Crippen LogP contribution in [0.2, 0.25) is 0 Å². The predicted octanol–water partition coefficient (Wildman–Crippen LogP) is 1.92. The molecule has 7 heteroatoms. The van der Waals surface area contributed by atoms with Crippen LogP contribution in [0, 0.1) is 0 Å². The fourth-order valence-corrected chi connectivity index (χ4v) is 2.77. The zero-order chi connectivity index (χ0) is 15.5. The molecule has 1 saturated heterocycles. The summed E-state index contributed by atoms with van der Waals surface area (Å²) < 4.78 is 5.23. The molecule has 2 rings (SSSR count). The lowest BCUT2D eigenvalue weighted by Crippen LogP contribution is -2.41. The monoisotopic (exact) mass is 311 g/mol. The molecule has 0 aromatic carbocycles. The van der Waals surface area contributed by atoms with Crippen LogP contribution >= 0.6 is 11.3 Å². The van der Waals surface area contributed by atoms with E-state index in [2.05, 4.69) is 10.3 Å². The number of ketones is 1. The Bertz CT molecular complexity index is 496. The molecule has 1 aromatic rings. The summed E-state index contributed by atoms with van der Waals surface area (Å²) in [5.41, 5.74) is -0.497. The molecule has 1 amide bonds. The van der Waals surface area contributed by atoms with Crippen LogP contribution in [-0.4, -0.2) is 53.0 Å². The van der Waals surface area contributed by atoms with Crippen LogP contribution in [0.1, 0.15) is 37.0 Å². The van der Waals surface area contributed by atoms with Crippen molar-refractivity contribution in [1.29, 1.82) is 0 Å². The smallest absolute Gasteiger partial charge is 0.407 e. The number of rotatable bonds is 4. The maximum atomic E-state index is 12.0. The highest BCUT2D eigenvalue weighted by Crippen LogP contribution is 2.13. The number of aromatic nitrogens is 1. The zero-order valence-electron chi connectivity index (χ0n) is 12.6. The van der Waals surface area contributed by atoms with Gasteiger partial charge in [0.15, 0.2) is 5.01 Å². The summed E-state index contributed by atoms with van der Waals surface area (Å²) in [4.78, 5) is 29.7. The lowest BCUT2D eigenvalue weighted by molar-refractivity contribution is 0.0506. The van der Waals surface area contributed by atoms with E-state index in [1.165, 1.54) is 11.3 Å². The quantitative estimate of drug-likeness (QED) is 0.860. The number of amides is 1. The highest BCUT2D eigenvalue weighted by Gasteiger charge is 2.27. The Balaban J connectivity index is 1.76. The molecule has 1 atom stereocenters. The third-order valence-electron chi connectivity index (χ3n) is 3.03. The number of hydrogen-bond acceptors (Lipinski definition) is 6. The minimum absolute atomic E-state index is 0.0305. The molecule has 1 aromatic heterocycles. The number of alkyl carbamates (subject to hydrolysis) is 1. The lowest BCUT2D eigenvalue weighted by atomic mass is 10.2. The van der Waals surface area contributed by atoms with Gasteiger partial charge in [-0.1, -0.05) is 0 Å². The van der Waals surface area contributed by atoms with Crippen molar-refractivity contribution in [1.82, 2.24) is 15.2 Å². The van der Waals surface area contributed by atoms with Crippen LogP contribution in [0.4, 0.5) is 4.79 Å². The van der Waals surface area contributed by atoms with Gasteiger partial charge in [-0.05, 0) is 27.2 Å². The van der Waals surface area contributed by atoms with Crippen molar-refractivity contribution in [2.75, 3.05) is 19.6 Å². The molecule has 6 nitrogen and oxygen atoms in total. The summed E-state index contributed by atoms with van der Waals surface area (Å²) in [6, 6.07) is 0.0314. The Labute approximate surface area is 128 Å². The van der Waals surface area contributed by atoms with Crippen LogP contribution in [0.5, 0.6) is 0 Å². The first-order valence-corrected chi connectivity index (χ1v) is 7.86. The molecule has 0 bridgehead atoms. The Morgan fingerprint density at radius 1 is 1.52 bits per heavy atom. The number of thiazole rings is 1. The van der Waals surface area contributed by atoms with E-state index in [1.807, 2.05) is 25.7 Å². The van der Waals surface area contributed by atoms with Gasteiger partial charge in [-0.25, -0.2) is 9.78 Å². The van der Waals surface area contributed by atoms with Crippen molar-refractivity contribution >= 4 is 23.2 Å². The van der Waals surface area contributed by atoms with Crippen molar-refractivity contribution in [3.05, 3.63) is 16.6 Å². The minimum Gasteiger partial charge on any atom is -0.444 e. The van der Waals surface area contributed by atoms with Gasteiger partial charge in [0.05, 0.1) is 6.54 Å². The number of hydrogen-bond donors (Lipinski definition) is 1. The van der Waals surface area contributed by atoms with E-state index in [1.54, 1.807) is 11.6 Å². The van der Waals surface area contributed by atoms with Gasteiger partial charge in [0.25, 0.3) is 0 Å². The van der Waals surface area contributed by atoms with Gasteiger partial charge in [0.1, 0.15) is 5.60 Å². The normalized spacial score (nSPS) is 19.5. The molecule has 116 valence electrons. The first-order chi connectivity index (χ1) is 9.83. The third kappa shape index (κ3) is 5.09. The van der Waals surface area contributed by atoms with Gasteiger partial charge in [-0.3, -0.25) is 9.69 Å². The van der Waals surface area contributed by atoms with E-state index in [4.69, 9.17) is 4.74 Å². The van der Waals surface area contributed by atoms with E-state index in [0.29, 0.717) is 18.1 Å². The van der Waals surface area contributed by atoms with E-state index in [-0.39, 0.29) is 11.8 Å². The van der Waals surface area contributed by atoms with Crippen molar-refractivity contribution in [2.24, 2.45) is 0 Å². The van der Waals surface area contributed by atoms with Gasteiger partial charge in [-0.15, -0.1) is 11.3 Å². The van der Waals surface area contributed by atoms with Crippen LogP contribution in [0.3, 0.4) is 0 Å². The molecular weight excluding hydrogens is 290 g/mol. The summed E-state index contributed by atoms with van der Waals surface area (Å²) in [5.74, 6) is 0.0305. The Morgan fingerprint density at radius 2 is 2.29 bits per heavy atom. The maximum Gasteiger partial charge on any atom is 0.407 e. The molecule has 1 unspecified atom stereocenters. The topological polar surface area (TPSA) is 71.5 Å². The fourth-order valence-electron chi connectivity index (χ4n) is 2.20. The summed E-state index contributed by atoms with van der Waals surface area (Å²) in [5, 5.41) is 5.18. The highest BCUT2D eigenvalue weighted by molar-refractivity contribution is 7.11. The molecule has 21 heavy (non-hydrogen) atoms. The standard InChI is InChI=1S/C14H21N3O3S/c1-14(2,3)20-13(19)16-10-4-6-17(8-10)9-11(18)12-15-5-7-21-12/h5,7,10H,4,6,8-9H2,1-3H3,(H,16,19). The van der Waals surface area contributed by atoms with Gasteiger partial charge < -0.3 is 10.1 Å². The Morgan fingerprint density at radius 3 is 2.90 bits per heavy atom. The first-order valence-electron chi connectivity index (χ1n) is 6.98. The number of carbonyl (C=O) groups excluding carboxylic acids is 2. The van der Waals surface area contributed by atoms with Gasteiger partial charge in [-0.2, -0.15) is 0 Å². The summed E-state index contributed by atoms with van der Waals surface area (Å²) in [6.07, 6.45) is 2.06. The average Bonchev–Trinajstić information content (AvgIpc) is 2.97. The van der Waals surface area contributed by atoms with Gasteiger partial charge in [0.2, 0.25) is 5.78 Å². The van der Waals surface area contributed by atoms with E-state index < -0.39 is 11.7 Å². The molecular formula is C14H21N3O3S. The van der Waals surface area contributed by atoms with Crippen molar-refractivity contribution in [3.63, 3.8) is 0 Å². The van der Waals surface area contributed by atoms with Crippen molar-refractivity contribution < 1.29 is 14.3 Å². The first kappa shape index (κ1) is 15.9. The number of nitrogens with zero attached hydrogens (tertiary/aromatic N) is 2. The second kappa shape index (κ2) is 6.53. The second-order valence-corrected chi connectivity index (χ2v) is 7.02. The van der Waals surface area contributed by atoms with Gasteiger partial charge >= 0.3 is 6.09 Å². The van der Waals surface area contributed by atoms with Crippen LogP contribution in [-0.2, 0) is 4.74 Å². The van der Waals surface area contributed by atoms with Crippen molar-refractivity contribution in [2.45, 2.75) is 38.8 Å². The largest absolute Gasteiger partial charge is 0.444 e. The van der Waals surface area contributed by atoms with Crippen LogP contribution in [0.15, 0.2) is 11.6 Å². The average molecular weight is 311 g/mol. The second-order valence-electron chi connectivity index (χ2n) is 6.13. The Hall–Kier alpha value is -1.47. The molecule has 2 heterocycles. The van der Waals surface area contributed by atoms with E-state index in [0.717, 1.165) is 13.0 Å². The molecule has 0 radical (unpaired) electrons. The van der Waals surface area contributed by atoms with Crippen LogP contribution in [0.25, 0.3) is 0 Å². The molecule has 1 N–H and O–H groups in total. The maximum absolute atomic E-state index is 12.0. The molecule has 0 aliphatic carbocycles. The number of ether oxygens (including phenoxy) is 1. The minimum atomic E-state index is -0.497. The molecule has 1 aliphatic rings. The van der Waals surface area contributed by atoms with Gasteiger partial charge in [0, 0.05) is 30.7 Å². The molecule has 0 spiro atoms. The fraction of sp³-hybridized carbons (Fsp3) is 0.643. The Kier molecular flexibility index (Phi) is 4.95. The molecule has 1 aliphatic heterocycles. The SMILES string of the molecule is CC(C)(C)OC(=O)NC1CCN(CC(=O)c2nccs2)C1. The van der Waals surface area contributed by atoms with Crippen LogP contribution < -0.4 is 5.32 Å². The lowest BCUT2D eigenvalue weighted by Gasteiger charge is -2.21. The highest BCUT2D eigenvalue weighted by atomic mass is 32.1. The predicted molar refractivity (Wildman–Crippen MR) is 80.7 cm³/mol.